The standard InChI is InChI=1S/C19H19N3O4/c1-13(2)19(24)21-16-9-7-15(8-10-16)20-18(23)11-6-14-4-3-5-17(12-14)22(25)26/h3-13H,1-2H3,(H,20,23)(H,21,24)/b11-6+. The van der Waals surface area contributed by atoms with Crippen molar-refractivity contribution in [3.8, 4) is 0 Å². The highest BCUT2D eigenvalue weighted by Gasteiger charge is 2.07. The molecule has 0 radical (unpaired) electrons. The molecule has 2 rings (SSSR count). The summed E-state index contributed by atoms with van der Waals surface area (Å²) < 4.78 is 0. The number of nitrogens with zero attached hydrogens (tertiary/aromatic N) is 1. The molecule has 2 amide bonds. The molecule has 7 heteroatoms. The SMILES string of the molecule is CC(C)C(=O)Nc1ccc(NC(=O)/C=C/c2cccc([N+](=O)[O-])c2)cc1. The predicted molar refractivity (Wildman–Crippen MR) is 101 cm³/mol. The Hall–Kier alpha value is -3.48. The molecule has 0 aliphatic carbocycles. The zero-order valence-corrected chi connectivity index (χ0v) is 14.4. The number of anilines is 2. The lowest BCUT2D eigenvalue weighted by Crippen LogP contribution is -2.17. The normalized spacial score (nSPS) is 10.7. The minimum absolute atomic E-state index is 0.0356. The first-order valence-electron chi connectivity index (χ1n) is 7.99. The Kier molecular flexibility index (Phi) is 6.21. The summed E-state index contributed by atoms with van der Waals surface area (Å²) in [6.45, 7) is 3.61. The van der Waals surface area contributed by atoms with Crippen LogP contribution in [-0.2, 0) is 9.59 Å². The monoisotopic (exact) mass is 353 g/mol. The highest BCUT2D eigenvalue weighted by atomic mass is 16.6. The average molecular weight is 353 g/mol. The maximum atomic E-state index is 12.0. The van der Waals surface area contributed by atoms with Crippen molar-refractivity contribution in [3.05, 3.63) is 70.3 Å². The van der Waals surface area contributed by atoms with E-state index in [4.69, 9.17) is 0 Å². The van der Waals surface area contributed by atoms with Gasteiger partial charge >= 0.3 is 0 Å². The van der Waals surface area contributed by atoms with Gasteiger partial charge in [0.05, 0.1) is 4.92 Å². The fourth-order valence-electron chi connectivity index (χ4n) is 2.02. The molecule has 2 aromatic rings. The van der Waals surface area contributed by atoms with E-state index < -0.39 is 4.92 Å². The largest absolute Gasteiger partial charge is 0.326 e. The molecule has 134 valence electrons. The summed E-state index contributed by atoms with van der Waals surface area (Å²) >= 11 is 0. The summed E-state index contributed by atoms with van der Waals surface area (Å²) in [6.07, 6.45) is 2.80. The Balaban J connectivity index is 1.96. The van der Waals surface area contributed by atoms with Gasteiger partial charge in [0.25, 0.3) is 5.69 Å². The van der Waals surface area contributed by atoms with Gasteiger partial charge in [-0.1, -0.05) is 26.0 Å². The lowest BCUT2D eigenvalue weighted by atomic mass is 10.2. The first kappa shape index (κ1) is 18.9. The van der Waals surface area contributed by atoms with Crippen molar-refractivity contribution in [2.75, 3.05) is 10.6 Å². The number of hydrogen-bond acceptors (Lipinski definition) is 4. The van der Waals surface area contributed by atoms with Crippen LogP contribution in [-0.4, -0.2) is 16.7 Å². The average Bonchev–Trinajstić information content (AvgIpc) is 2.61. The highest BCUT2D eigenvalue weighted by Crippen LogP contribution is 2.16. The quantitative estimate of drug-likeness (QED) is 0.468. The van der Waals surface area contributed by atoms with Crippen LogP contribution in [0, 0.1) is 16.0 Å². The number of benzene rings is 2. The summed E-state index contributed by atoms with van der Waals surface area (Å²) in [5.74, 6) is -0.564. The number of amides is 2. The lowest BCUT2D eigenvalue weighted by molar-refractivity contribution is -0.384. The number of carbonyl (C=O) groups is 2. The number of hydrogen-bond donors (Lipinski definition) is 2. The van der Waals surface area contributed by atoms with Gasteiger partial charge in [0.2, 0.25) is 11.8 Å². The first-order valence-corrected chi connectivity index (χ1v) is 7.99. The maximum Gasteiger partial charge on any atom is 0.270 e. The van der Waals surface area contributed by atoms with Crippen molar-refractivity contribution in [2.24, 2.45) is 5.92 Å². The third-order valence-corrected chi connectivity index (χ3v) is 3.45. The van der Waals surface area contributed by atoms with Crippen LogP contribution in [0.15, 0.2) is 54.6 Å². The van der Waals surface area contributed by atoms with Gasteiger partial charge in [-0.25, -0.2) is 0 Å². The fraction of sp³-hybridized carbons (Fsp3) is 0.158. The molecule has 0 bridgehead atoms. The molecular formula is C19H19N3O4. The molecule has 0 fully saturated rings. The summed E-state index contributed by atoms with van der Waals surface area (Å²) in [4.78, 5) is 33.8. The van der Waals surface area contributed by atoms with Crippen LogP contribution >= 0.6 is 0 Å². The fourth-order valence-corrected chi connectivity index (χ4v) is 2.02. The van der Waals surface area contributed by atoms with Crippen molar-refractivity contribution >= 4 is 35.0 Å². The number of nitrogens with one attached hydrogen (secondary N) is 2. The van der Waals surface area contributed by atoms with Gasteiger partial charge in [-0.2, -0.15) is 0 Å². The van der Waals surface area contributed by atoms with Crippen LogP contribution in [0.3, 0.4) is 0 Å². The minimum Gasteiger partial charge on any atom is -0.326 e. The van der Waals surface area contributed by atoms with Gasteiger partial charge in [0.15, 0.2) is 0 Å². The molecular weight excluding hydrogens is 334 g/mol. The molecule has 0 saturated carbocycles. The van der Waals surface area contributed by atoms with Crippen molar-refractivity contribution < 1.29 is 14.5 Å². The van der Waals surface area contributed by atoms with Crippen LogP contribution in [0.5, 0.6) is 0 Å². The van der Waals surface area contributed by atoms with E-state index in [1.54, 1.807) is 50.2 Å². The van der Waals surface area contributed by atoms with E-state index in [9.17, 15) is 19.7 Å². The summed E-state index contributed by atoms with van der Waals surface area (Å²) in [6, 6.07) is 12.7. The molecule has 0 saturated heterocycles. The van der Waals surface area contributed by atoms with Gasteiger partial charge in [-0.05, 0) is 35.9 Å². The van der Waals surface area contributed by atoms with E-state index in [1.807, 2.05) is 0 Å². The molecule has 0 aromatic heterocycles. The summed E-state index contributed by atoms with van der Waals surface area (Å²) in [5, 5.41) is 16.2. The Morgan fingerprint density at radius 3 is 2.23 bits per heavy atom. The van der Waals surface area contributed by atoms with E-state index in [0.717, 1.165) is 0 Å². The van der Waals surface area contributed by atoms with E-state index in [0.29, 0.717) is 16.9 Å². The predicted octanol–water partition coefficient (Wildman–Crippen LogP) is 3.84. The number of nitro benzene ring substituents is 1. The number of nitro groups is 1. The molecule has 2 N–H and O–H groups in total. The molecule has 0 unspecified atom stereocenters. The molecule has 7 nitrogen and oxygen atoms in total. The van der Waals surface area contributed by atoms with E-state index >= 15 is 0 Å². The molecule has 0 aliphatic rings. The van der Waals surface area contributed by atoms with E-state index in [-0.39, 0.29) is 23.4 Å². The first-order chi connectivity index (χ1) is 12.3. The van der Waals surface area contributed by atoms with Crippen LogP contribution in [0.1, 0.15) is 19.4 Å². The summed E-state index contributed by atoms with van der Waals surface area (Å²) in [7, 11) is 0. The molecule has 0 spiro atoms. The second-order valence-corrected chi connectivity index (χ2v) is 5.90. The van der Waals surface area contributed by atoms with Crippen molar-refractivity contribution in [2.45, 2.75) is 13.8 Å². The molecule has 2 aromatic carbocycles. The van der Waals surface area contributed by atoms with Crippen molar-refractivity contribution in [1.29, 1.82) is 0 Å². The highest BCUT2D eigenvalue weighted by molar-refractivity contribution is 6.02. The third kappa shape index (κ3) is 5.55. The number of rotatable bonds is 6. The topological polar surface area (TPSA) is 101 Å². The molecule has 26 heavy (non-hydrogen) atoms. The van der Waals surface area contributed by atoms with Gasteiger partial charge in [-0.3, -0.25) is 19.7 Å². The molecule has 0 atom stereocenters. The number of carbonyl (C=O) groups excluding carboxylic acids is 2. The second kappa shape index (κ2) is 8.57. The minimum atomic E-state index is -0.489. The van der Waals surface area contributed by atoms with Gasteiger partial charge in [0.1, 0.15) is 0 Å². The van der Waals surface area contributed by atoms with Crippen molar-refractivity contribution in [3.63, 3.8) is 0 Å². The smallest absolute Gasteiger partial charge is 0.270 e. The maximum absolute atomic E-state index is 12.0. The van der Waals surface area contributed by atoms with Crippen LogP contribution in [0.4, 0.5) is 17.1 Å². The zero-order valence-electron chi connectivity index (χ0n) is 14.4. The van der Waals surface area contributed by atoms with Gasteiger partial charge < -0.3 is 10.6 Å². The van der Waals surface area contributed by atoms with E-state index in [1.165, 1.54) is 24.3 Å². The van der Waals surface area contributed by atoms with Crippen LogP contribution in [0.25, 0.3) is 6.08 Å². The molecule has 0 aliphatic heterocycles. The Bertz CT molecular complexity index is 842. The van der Waals surface area contributed by atoms with Gasteiger partial charge in [0, 0.05) is 35.5 Å². The Morgan fingerprint density at radius 2 is 1.65 bits per heavy atom. The van der Waals surface area contributed by atoms with Gasteiger partial charge in [-0.15, -0.1) is 0 Å². The zero-order chi connectivity index (χ0) is 19.1. The summed E-state index contributed by atoms with van der Waals surface area (Å²) in [5.41, 5.74) is 1.74. The lowest BCUT2D eigenvalue weighted by Gasteiger charge is -2.08. The number of non-ortho nitro benzene ring substituents is 1. The molecule has 0 heterocycles. The van der Waals surface area contributed by atoms with Crippen LogP contribution in [0.2, 0.25) is 0 Å². The van der Waals surface area contributed by atoms with E-state index in [2.05, 4.69) is 10.6 Å². The second-order valence-electron chi connectivity index (χ2n) is 5.90. The van der Waals surface area contributed by atoms with Crippen molar-refractivity contribution in [1.82, 2.24) is 0 Å². The third-order valence-electron chi connectivity index (χ3n) is 3.45. The Morgan fingerprint density at radius 1 is 1.04 bits per heavy atom. The Labute approximate surface area is 150 Å². The van der Waals surface area contributed by atoms with Crippen LogP contribution < -0.4 is 10.6 Å².